The Labute approximate surface area is 132 Å². The first-order chi connectivity index (χ1) is 10.9. The topological polar surface area (TPSA) is 93.2 Å². The van der Waals surface area contributed by atoms with Crippen molar-refractivity contribution in [1.82, 2.24) is 0 Å². The normalized spacial score (nSPS) is 11.6. The maximum atomic E-state index is 12.3. The fraction of sp³-hybridized carbons (Fsp3) is 0.188. The molecule has 0 fully saturated rings. The molecule has 118 valence electrons. The number of pyridine rings is 1. The second-order valence-corrected chi connectivity index (χ2v) is 5.04. The summed E-state index contributed by atoms with van der Waals surface area (Å²) in [5.41, 5.74) is 0.450. The van der Waals surface area contributed by atoms with Gasteiger partial charge >= 0.3 is 0 Å². The molecule has 1 aromatic carbocycles. The van der Waals surface area contributed by atoms with Gasteiger partial charge in [0.1, 0.15) is 5.69 Å². The molecule has 1 aromatic heterocycles. The maximum absolute atomic E-state index is 12.3. The number of ketones is 1. The van der Waals surface area contributed by atoms with Gasteiger partial charge in [0.15, 0.2) is 18.2 Å². The van der Waals surface area contributed by atoms with Crippen LogP contribution in [0.25, 0.3) is 0 Å². The van der Waals surface area contributed by atoms with Gasteiger partial charge in [0, 0.05) is 19.1 Å². The summed E-state index contributed by atoms with van der Waals surface area (Å²) in [5, 5.41) is 13.5. The molecule has 1 atom stereocenters. The molecule has 7 nitrogen and oxygen atoms in total. The van der Waals surface area contributed by atoms with Crippen molar-refractivity contribution in [3.8, 4) is 0 Å². The molecule has 0 saturated carbocycles. The van der Waals surface area contributed by atoms with Crippen molar-refractivity contribution in [1.29, 1.82) is 0 Å². The summed E-state index contributed by atoms with van der Waals surface area (Å²) in [4.78, 5) is 34.2. The minimum absolute atomic E-state index is 0.106. The number of para-hydroxylation sites is 2. The molecule has 0 bridgehead atoms. The van der Waals surface area contributed by atoms with Crippen LogP contribution >= 0.6 is 0 Å². The summed E-state index contributed by atoms with van der Waals surface area (Å²) in [6.07, 6.45) is 3.24. The average molecular weight is 314 g/mol. The third-order valence-electron chi connectivity index (χ3n) is 3.41. The highest BCUT2D eigenvalue weighted by Gasteiger charge is 2.25. The zero-order valence-electron chi connectivity index (χ0n) is 12.7. The summed E-state index contributed by atoms with van der Waals surface area (Å²) < 4.78 is 1.58. The van der Waals surface area contributed by atoms with Crippen LogP contribution < -0.4 is 9.88 Å². The molecule has 1 N–H and O–H groups in total. The molecular weight excluding hydrogens is 298 g/mol. The van der Waals surface area contributed by atoms with E-state index in [1.165, 1.54) is 25.1 Å². The molecule has 1 heterocycles. The maximum Gasteiger partial charge on any atom is 0.293 e. The van der Waals surface area contributed by atoms with Crippen molar-refractivity contribution in [2.75, 3.05) is 5.32 Å². The van der Waals surface area contributed by atoms with E-state index >= 15 is 0 Å². The van der Waals surface area contributed by atoms with E-state index in [4.69, 9.17) is 0 Å². The SMILES string of the molecule is CC(=O)c1ccc[n+]([C@@H](C)C(=O)Nc2ccccc2[N+](=O)[O-])c1. The van der Waals surface area contributed by atoms with Crippen molar-refractivity contribution in [2.24, 2.45) is 0 Å². The van der Waals surface area contributed by atoms with Crippen LogP contribution in [-0.4, -0.2) is 16.6 Å². The van der Waals surface area contributed by atoms with Gasteiger partial charge in [-0.25, -0.2) is 0 Å². The molecular formula is C16H16N3O4+. The zero-order valence-corrected chi connectivity index (χ0v) is 12.7. The van der Waals surface area contributed by atoms with Gasteiger partial charge in [-0.05, 0) is 19.1 Å². The first-order valence-corrected chi connectivity index (χ1v) is 6.96. The number of nitrogens with one attached hydrogen (secondary N) is 1. The lowest BCUT2D eigenvalue weighted by atomic mass is 10.2. The van der Waals surface area contributed by atoms with Crippen LogP contribution in [0.15, 0.2) is 48.8 Å². The Morgan fingerprint density at radius 2 is 1.91 bits per heavy atom. The predicted molar refractivity (Wildman–Crippen MR) is 83.1 cm³/mol. The summed E-state index contributed by atoms with van der Waals surface area (Å²) in [5.74, 6) is -0.518. The molecule has 0 saturated heterocycles. The largest absolute Gasteiger partial charge is 0.315 e. The van der Waals surface area contributed by atoms with Gasteiger partial charge in [-0.1, -0.05) is 12.1 Å². The number of carbonyl (C=O) groups excluding carboxylic acids is 2. The van der Waals surface area contributed by atoms with Crippen LogP contribution in [0, 0.1) is 10.1 Å². The van der Waals surface area contributed by atoms with Gasteiger partial charge in [-0.3, -0.25) is 19.7 Å². The molecule has 2 rings (SSSR count). The van der Waals surface area contributed by atoms with Crippen LogP contribution in [0.1, 0.15) is 30.2 Å². The molecule has 0 unspecified atom stereocenters. The van der Waals surface area contributed by atoms with Crippen LogP contribution in [0.5, 0.6) is 0 Å². The zero-order chi connectivity index (χ0) is 17.0. The molecule has 0 aliphatic carbocycles. The molecule has 1 amide bonds. The smallest absolute Gasteiger partial charge is 0.293 e. The average Bonchev–Trinajstić information content (AvgIpc) is 2.54. The number of nitro groups is 1. The number of rotatable bonds is 5. The van der Waals surface area contributed by atoms with E-state index in [1.807, 2.05) is 0 Å². The van der Waals surface area contributed by atoms with Crippen LogP contribution in [0.2, 0.25) is 0 Å². The van der Waals surface area contributed by atoms with Crippen LogP contribution in [-0.2, 0) is 4.79 Å². The van der Waals surface area contributed by atoms with Crippen molar-refractivity contribution in [3.05, 3.63) is 64.5 Å². The minimum Gasteiger partial charge on any atom is -0.315 e. The van der Waals surface area contributed by atoms with Crippen LogP contribution in [0.4, 0.5) is 11.4 Å². The number of hydrogen-bond donors (Lipinski definition) is 1. The Morgan fingerprint density at radius 1 is 1.22 bits per heavy atom. The van der Waals surface area contributed by atoms with Gasteiger partial charge in [-0.2, -0.15) is 4.57 Å². The van der Waals surface area contributed by atoms with E-state index in [-0.39, 0.29) is 17.2 Å². The lowest BCUT2D eigenvalue weighted by molar-refractivity contribution is -0.705. The molecule has 23 heavy (non-hydrogen) atoms. The van der Waals surface area contributed by atoms with E-state index in [1.54, 1.807) is 42.1 Å². The quantitative estimate of drug-likeness (QED) is 0.396. The number of nitro benzene ring substituents is 1. The molecule has 0 spiro atoms. The first kappa shape index (κ1) is 16.3. The third-order valence-corrected chi connectivity index (χ3v) is 3.41. The number of anilines is 1. The van der Waals surface area contributed by atoms with E-state index < -0.39 is 16.9 Å². The van der Waals surface area contributed by atoms with E-state index in [0.29, 0.717) is 5.56 Å². The number of amides is 1. The van der Waals surface area contributed by atoms with Crippen molar-refractivity contribution in [3.63, 3.8) is 0 Å². The second kappa shape index (κ2) is 6.78. The van der Waals surface area contributed by atoms with Gasteiger partial charge in [0.05, 0.1) is 10.5 Å². The lowest BCUT2D eigenvalue weighted by Gasteiger charge is -2.09. The third kappa shape index (κ3) is 3.76. The van der Waals surface area contributed by atoms with Gasteiger partial charge in [-0.15, -0.1) is 0 Å². The van der Waals surface area contributed by atoms with Gasteiger partial charge < -0.3 is 5.32 Å². The number of benzene rings is 1. The molecule has 0 radical (unpaired) electrons. The van der Waals surface area contributed by atoms with Gasteiger partial charge in [0.25, 0.3) is 11.6 Å². The minimum atomic E-state index is -0.630. The number of nitrogens with zero attached hydrogens (tertiary/aromatic N) is 2. The summed E-state index contributed by atoms with van der Waals surface area (Å²) in [6, 6.07) is 8.63. The van der Waals surface area contributed by atoms with E-state index in [2.05, 4.69) is 5.32 Å². The Kier molecular flexibility index (Phi) is 4.80. The summed E-state index contributed by atoms with van der Waals surface area (Å²) in [7, 11) is 0. The number of aromatic nitrogens is 1. The van der Waals surface area contributed by atoms with E-state index in [9.17, 15) is 19.7 Å². The van der Waals surface area contributed by atoms with Crippen molar-refractivity contribution < 1.29 is 19.1 Å². The fourth-order valence-corrected chi connectivity index (χ4v) is 2.05. The monoisotopic (exact) mass is 314 g/mol. The Balaban J connectivity index is 2.23. The highest BCUT2D eigenvalue weighted by molar-refractivity contribution is 5.95. The first-order valence-electron chi connectivity index (χ1n) is 6.96. The Hall–Kier alpha value is -3.09. The Morgan fingerprint density at radius 3 is 2.57 bits per heavy atom. The Bertz CT molecular complexity index is 773. The predicted octanol–water partition coefficient (Wildman–Crippen LogP) is 2.28. The highest BCUT2D eigenvalue weighted by atomic mass is 16.6. The van der Waals surface area contributed by atoms with E-state index in [0.717, 1.165) is 0 Å². The summed E-state index contributed by atoms with van der Waals surface area (Å²) >= 11 is 0. The molecule has 2 aromatic rings. The number of Topliss-reactive ketones (excluding diaryl/α,β-unsaturated/α-hetero) is 1. The number of hydrogen-bond acceptors (Lipinski definition) is 4. The highest BCUT2D eigenvalue weighted by Crippen LogP contribution is 2.23. The standard InChI is InChI=1S/C16H15N3O4/c1-11(18-9-5-6-13(10-18)12(2)20)16(21)17-14-7-3-4-8-15(14)19(22)23/h3-11H,1-2H3/p+1/t11-/m0/s1. The van der Waals surface area contributed by atoms with Gasteiger partial charge in [0.2, 0.25) is 6.04 Å². The second-order valence-electron chi connectivity index (χ2n) is 5.04. The molecule has 7 heteroatoms. The lowest BCUT2D eigenvalue weighted by Crippen LogP contribution is -2.44. The molecule has 0 aliphatic heterocycles. The number of carbonyl (C=O) groups is 2. The fourth-order valence-electron chi connectivity index (χ4n) is 2.05. The van der Waals surface area contributed by atoms with Crippen molar-refractivity contribution in [2.45, 2.75) is 19.9 Å². The molecule has 0 aliphatic rings. The van der Waals surface area contributed by atoms with Crippen LogP contribution in [0.3, 0.4) is 0 Å². The van der Waals surface area contributed by atoms with Crippen molar-refractivity contribution >= 4 is 23.1 Å². The summed E-state index contributed by atoms with van der Waals surface area (Å²) in [6.45, 7) is 3.09.